The molecule has 2 heteroatoms. The molecule has 0 radical (unpaired) electrons. The summed E-state index contributed by atoms with van der Waals surface area (Å²) in [5.74, 6) is 2.52. The first-order valence-electron chi connectivity index (χ1n) is 6.16. The zero-order valence-corrected chi connectivity index (χ0v) is 9.65. The number of ketones is 1. The summed E-state index contributed by atoms with van der Waals surface area (Å²) < 4.78 is 0. The van der Waals surface area contributed by atoms with Gasteiger partial charge in [-0.05, 0) is 49.7 Å². The highest BCUT2D eigenvalue weighted by atomic mass is 16.1. The molecule has 2 aliphatic rings. The second-order valence-corrected chi connectivity index (χ2v) is 5.39. The Bertz CT molecular complexity index is 399. The zero-order chi connectivity index (χ0) is 11.1. The van der Waals surface area contributed by atoms with Gasteiger partial charge in [-0.3, -0.25) is 9.78 Å². The molecule has 2 atom stereocenters. The number of hydrogen-bond donors (Lipinski definition) is 0. The summed E-state index contributed by atoms with van der Waals surface area (Å²) in [6.07, 6.45) is 6.05. The lowest BCUT2D eigenvalue weighted by Gasteiger charge is -2.09. The molecule has 1 aromatic rings. The third-order valence-electron chi connectivity index (χ3n) is 4.03. The molecule has 2 unspecified atom stereocenters. The molecule has 0 amide bonds. The van der Waals surface area contributed by atoms with Gasteiger partial charge in [-0.15, -0.1) is 0 Å². The number of fused-ring (bicyclic) bond motifs is 1. The Kier molecular flexibility index (Phi) is 2.31. The minimum absolute atomic E-state index is 0.340. The number of carbonyl (C=O) groups is 1. The highest BCUT2D eigenvalue weighted by Crippen LogP contribution is 2.54. The second kappa shape index (κ2) is 3.69. The summed E-state index contributed by atoms with van der Waals surface area (Å²) in [6, 6.07) is 4.00. The Morgan fingerprint density at radius 1 is 1.31 bits per heavy atom. The van der Waals surface area contributed by atoms with Crippen LogP contribution in [0.1, 0.15) is 30.5 Å². The first-order chi connectivity index (χ1) is 7.72. The Morgan fingerprint density at radius 2 is 2.06 bits per heavy atom. The number of aromatic nitrogens is 1. The molecule has 1 heterocycles. The molecule has 0 saturated heterocycles. The molecule has 0 N–H and O–H groups in total. The van der Waals surface area contributed by atoms with E-state index in [1.54, 1.807) is 0 Å². The third-order valence-corrected chi connectivity index (χ3v) is 4.03. The maximum atomic E-state index is 12.0. The fourth-order valence-corrected chi connectivity index (χ4v) is 2.90. The van der Waals surface area contributed by atoms with E-state index in [2.05, 4.69) is 4.98 Å². The Hall–Kier alpha value is -1.18. The van der Waals surface area contributed by atoms with Gasteiger partial charge >= 0.3 is 0 Å². The van der Waals surface area contributed by atoms with E-state index in [0.717, 1.165) is 35.9 Å². The van der Waals surface area contributed by atoms with Gasteiger partial charge < -0.3 is 0 Å². The maximum Gasteiger partial charge on any atom is 0.141 e. The van der Waals surface area contributed by atoms with Crippen molar-refractivity contribution in [2.24, 2.45) is 17.8 Å². The van der Waals surface area contributed by atoms with Gasteiger partial charge in [0.1, 0.15) is 5.78 Å². The fraction of sp³-hybridized carbons (Fsp3) is 0.571. The lowest BCUT2D eigenvalue weighted by atomic mass is 9.95. The van der Waals surface area contributed by atoms with Crippen molar-refractivity contribution in [1.82, 2.24) is 4.98 Å². The van der Waals surface area contributed by atoms with Crippen molar-refractivity contribution < 1.29 is 4.79 Å². The predicted molar refractivity (Wildman–Crippen MR) is 62.0 cm³/mol. The Balaban J connectivity index is 1.61. The molecule has 2 fully saturated rings. The lowest BCUT2D eigenvalue weighted by Crippen LogP contribution is -2.15. The van der Waals surface area contributed by atoms with Crippen LogP contribution in [-0.2, 0) is 11.2 Å². The molecular formula is C14H17NO. The first kappa shape index (κ1) is 10.0. The van der Waals surface area contributed by atoms with Gasteiger partial charge in [0.05, 0.1) is 0 Å². The van der Waals surface area contributed by atoms with Crippen molar-refractivity contribution >= 4 is 5.78 Å². The van der Waals surface area contributed by atoms with Crippen LogP contribution in [0.3, 0.4) is 0 Å². The summed E-state index contributed by atoms with van der Waals surface area (Å²) in [4.78, 5) is 16.3. The van der Waals surface area contributed by atoms with Crippen LogP contribution in [0.25, 0.3) is 0 Å². The normalized spacial score (nSPS) is 31.2. The monoisotopic (exact) mass is 215 g/mol. The van der Waals surface area contributed by atoms with Gasteiger partial charge in [0.15, 0.2) is 0 Å². The van der Waals surface area contributed by atoms with Crippen LogP contribution in [0.15, 0.2) is 18.3 Å². The third kappa shape index (κ3) is 1.89. The van der Waals surface area contributed by atoms with Crippen LogP contribution < -0.4 is 0 Å². The quantitative estimate of drug-likeness (QED) is 0.775. The van der Waals surface area contributed by atoms with Gasteiger partial charge in [0, 0.05) is 24.2 Å². The van der Waals surface area contributed by atoms with Crippen molar-refractivity contribution in [3.05, 3.63) is 29.6 Å². The highest BCUT2D eigenvalue weighted by Gasteiger charge is 2.47. The van der Waals surface area contributed by atoms with E-state index in [1.807, 2.05) is 25.3 Å². The van der Waals surface area contributed by atoms with E-state index in [1.165, 1.54) is 6.42 Å². The van der Waals surface area contributed by atoms with Gasteiger partial charge in [0.25, 0.3) is 0 Å². The van der Waals surface area contributed by atoms with Gasteiger partial charge in [0.2, 0.25) is 0 Å². The standard InChI is InChI=1S/C14H17NO/c1-9-2-3-13(15-8-9)7-14(16)12-5-10-4-11(10)6-12/h2-3,8,10-12H,4-7H2,1H3. The number of aryl methyl sites for hydroxylation is 1. The number of nitrogens with zero attached hydrogens (tertiary/aromatic N) is 1. The van der Waals surface area contributed by atoms with E-state index in [4.69, 9.17) is 0 Å². The molecule has 2 aliphatic carbocycles. The largest absolute Gasteiger partial charge is 0.299 e. The number of Topliss-reactive ketones (excluding diaryl/α,β-unsaturated/α-hetero) is 1. The van der Waals surface area contributed by atoms with Crippen molar-refractivity contribution in [3.8, 4) is 0 Å². The van der Waals surface area contributed by atoms with E-state index in [-0.39, 0.29) is 0 Å². The SMILES string of the molecule is Cc1ccc(CC(=O)C2CC3CC3C2)nc1. The second-order valence-electron chi connectivity index (χ2n) is 5.39. The smallest absolute Gasteiger partial charge is 0.141 e. The lowest BCUT2D eigenvalue weighted by molar-refractivity contribution is -0.122. The van der Waals surface area contributed by atoms with Crippen LogP contribution in [0, 0.1) is 24.7 Å². The van der Waals surface area contributed by atoms with Crippen LogP contribution in [0.5, 0.6) is 0 Å². The summed E-state index contributed by atoms with van der Waals surface area (Å²) in [7, 11) is 0. The molecular weight excluding hydrogens is 198 g/mol. The summed E-state index contributed by atoms with van der Waals surface area (Å²) in [5, 5.41) is 0. The molecule has 84 valence electrons. The molecule has 2 saturated carbocycles. The summed E-state index contributed by atoms with van der Waals surface area (Å²) in [6.45, 7) is 2.02. The first-order valence-corrected chi connectivity index (χ1v) is 6.16. The van der Waals surface area contributed by atoms with Gasteiger partial charge in [-0.2, -0.15) is 0 Å². The van der Waals surface area contributed by atoms with Crippen LogP contribution in [0.2, 0.25) is 0 Å². The highest BCUT2D eigenvalue weighted by molar-refractivity contribution is 5.83. The molecule has 0 spiro atoms. The van der Waals surface area contributed by atoms with Crippen LogP contribution in [-0.4, -0.2) is 10.8 Å². The average Bonchev–Trinajstić information content (AvgIpc) is 2.89. The maximum absolute atomic E-state index is 12.0. The van der Waals surface area contributed by atoms with E-state index < -0.39 is 0 Å². The van der Waals surface area contributed by atoms with Crippen molar-refractivity contribution in [3.63, 3.8) is 0 Å². The van der Waals surface area contributed by atoms with Crippen LogP contribution in [0.4, 0.5) is 0 Å². The topological polar surface area (TPSA) is 30.0 Å². The molecule has 2 nitrogen and oxygen atoms in total. The number of pyridine rings is 1. The van der Waals surface area contributed by atoms with Crippen molar-refractivity contribution in [2.45, 2.75) is 32.6 Å². The van der Waals surface area contributed by atoms with Gasteiger partial charge in [-0.25, -0.2) is 0 Å². The number of carbonyl (C=O) groups excluding carboxylic acids is 1. The van der Waals surface area contributed by atoms with E-state index >= 15 is 0 Å². The Morgan fingerprint density at radius 3 is 2.69 bits per heavy atom. The number of hydrogen-bond acceptors (Lipinski definition) is 2. The molecule has 0 aliphatic heterocycles. The van der Waals surface area contributed by atoms with Crippen molar-refractivity contribution in [2.75, 3.05) is 0 Å². The van der Waals surface area contributed by atoms with Gasteiger partial charge in [-0.1, -0.05) is 6.07 Å². The Labute approximate surface area is 96.1 Å². The minimum Gasteiger partial charge on any atom is -0.299 e. The average molecular weight is 215 g/mol. The molecule has 16 heavy (non-hydrogen) atoms. The summed E-state index contributed by atoms with van der Waals surface area (Å²) >= 11 is 0. The van der Waals surface area contributed by atoms with Crippen molar-refractivity contribution in [1.29, 1.82) is 0 Å². The molecule has 0 aromatic carbocycles. The number of rotatable bonds is 3. The van der Waals surface area contributed by atoms with Crippen LogP contribution >= 0.6 is 0 Å². The predicted octanol–water partition coefficient (Wildman–Crippen LogP) is 2.55. The molecule has 1 aromatic heterocycles. The fourth-order valence-electron chi connectivity index (χ4n) is 2.90. The van der Waals surface area contributed by atoms with E-state index in [9.17, 15) is 4.79 Å². The molecule has 0 bridgehead atoms. The summed E-state index contributed by atoms with van der Waals surface area (Å²) in [5.41, 5.74) is 2.08. The zero-order valence-electron chi connectivity index (χ0n) is 9.65. The van der Waals surface area contributed by atoms with E-state index in [0.29, 0.717) is 18.1 Å². The minimum atomic E-state index is 0.340. The molecule has 3 rings (SSSR count).